The van der Waals surface area contributed by atoms with E-state index in [1.165, 1.54) is 25.4 Å². The molecule has 1 heterocycles. The lowest BCUT2D eigenvalue weighted by Crippen LogP contribution is -2.17. The number of hydrogen-bond acceptors (Lipinski definition) is 6. The van der Waals surface area contributed by atoms with Crippen molar-refractivity contribution < 1.29 is 18.3 Å². The molecule has 1 aromatic heterocycles. The van der Waals surface area contributed by atoms with Gasteiger partial charge < -0.3 is 5.11 Å². The highest BCUT2D eigenvalue weighted by Crippen LogP contribution is 2.25. The smallest absolute Gasteiger partial charge is 0.336 e. The van der Waals surface area contributed by atoms with Gasteiger partial charge in [-0.2, -0.15) is 5.10 Å². The second-order valence-electron chi connectivity index (χ2n) is 3.95. The van der Waals surface area contributed by atoms with Gasteiger partial charge in [0.25, 0.3) is 16.0 Å². The van der Waals surface area contributed by atoms with Gasteiger partial charge in [-0.25, -0.2) is 22.9 Å². The molecule has 0 saturated carbocycles. The van der Waals surface area contributed by atoms with Crippen LogP contribution in [0.25, 0.3) is 0 Å². The Bertz CT molecular complexity index is 795. The number of benzene rings is 1. The third-order valence-corrected chi connectivity index (χ3v) is 4.23. The van der Waals surface area contributed by atoms with Crippen LogP contribution in [0, 0.1) is 6.92 Å². The van der Waals surface area contributed by atoms with Crippen molar-refractivity contribution >= 4 is 33.5 Å². The minimum Gasteiger partial charge on any atom is -0.478 e. The van der Waals surface area contributed by atoms with Gasteiger partial charge in [0.2, 0.25) is 0 Å². The van der Waals surface area contributed by atoms with Crippen LogP contribution in [0.5, 0.6) is 0 Å². The SMILES string of the molecule is Cc1c(C(=O)O)cc(Cl)cc1S(=O)(=O)Nc1nccnn1. The Labute approximate surface area is 124 Å². The highest BCUT2D eigenvalue weighted by Gasteiger charge is 2.23. The summed E-state index contributed by atoms with van der Waals surface area (Å²) in [6, 6.07) is 2.33. The summed E-state index contributed by atoms with van der Waals surface area (Å²) in [6.45, 7) is 1.37. The van der Waals surface area contributed by atoms with Crippen molar-refractivity contribution in [1.82, 2.24) is 15.2 Å². The molecule has 2 aromatic rings. The zero-order valence-corrected chi connectivity index (χ0v) is 12.2. The normalized spacial score (nSPS) is 11.1. The molecule has 0 atom stereocenters. The van der Waals surface area contributed by atoms with Crippen LogP contribution in [0.4, 0.5) is 5.95 Å². The van der Waals surface area contributed by atoms with E-state index >= 15 is 0 Å². The molecule has 0 spiro atoms. The van der Waals surface area contributed by atoms with Crippen LogP contribution in [0.1, 0.15) is 15.9 Å². The maximum atomic E-state index is 12.3. The predicted molar refractivity (Wildman–Crippen MR) is 73.8 cm³/mol. The molecule has 10 heteroatoms. The lowest BCUT2D eigenvalue weighted by Gasteiger charge is -2.11. The summed E-state index contributed by atoms with van der Waals surface area (Å²) in [5.74, 6) is -1.50. The Morgan fingerprint density at radius 2 is 2.05 bits per heavy atom. The molecular formula is C11H9ClN4O4S. The summed E-state index contributed by atoms with van der Waals surface area (Å²) in [6.07, 6.45) is 2.54. The summed E-state index contributed by atoms with van der Waals surface area (Å²) >= 11 is 5.78. The lowest BCUT2D eigenvalue weighted by molar-refractivity contribution is 0.0696. The standard InChI is InChI=1S/C11H9ClN4O4S/c1-6-8(10(17)18)4-7(12)5-9(6)21(19,20)16-11-13-2-3-14-15-11/h2-5H,1H3,(H,17,18)(H,13,15,16). The van der Waals surface area contributed by atoms with Crippen molar-refractivity contribution in [3.8, 4) is 0 Å². The topological polar surface area (TPSA) is 122 Å². The van der Waals surface area contributed by atoms with Gasteiger partial charge >= 0.3 is 5.97 Å². The van der Waals surface area contributed by atoms with Crippen molar-refractivity contribution in [3.05, 3.63) is 40.7 Å². The van der Waals surface area contributed by atoms with E-state index in [1.54, 1.807) is 0 Å². The number of aromatic carboxylic acids is 1. The minimum absolute atomic E-state index is 0.00881. The number of nitrogens with one attached hydrogen (secondary N) is 1. The van der Waals surface area contributed by atoms with E-state index in [4.69, 9.17) is 16.7 Å². The average Bonchev–Trinajstić information content (AvgIpc) is 2.41. The Kier molecular flexibility index (Phi) is 4.05. The summed E-state index contributed by atoms with van der Waals surface area (Å²) in [5.41, 5.74) is -0.140. The first kappa shape index (κ1) is 15.1. The van der Waals surface area contributed by atoms with E-state index in [9.17, 15) is 13.2 Å². The fourth-order valence-corrected chi connectivity index (χ4v) is 3.15. The number of carboxylic acid groups (broad SMARTS) is 1. The zero-order chi connectivity index (χ0) is 15.6. The number of halogens is 1. The third-order valence-electron chi connectivity index (χ3n) is 2.55. The summed E-state index contributed by atoms with van der Waals surface area (Å²) < 4.78 is 26.7. The molecule has 0 radical (unpaired) electrons. The van der Waals surface area contributed by atoms with Crippen LogP contribution in [0.3, 0.4) is 0 Å². The van der Waals surface area contributed by atoms with Crippen LogP contribution in [0.15, 0.2) is 29.4 Å². The van der Waals surface area contributed by atoms with Crippen LogP contribution < -0.4 is 4.72 Å². The first-order valence-electron chi connectivity index (χ1n) is 5.51. The van der Waals surface area contributed by atoms with Crippen LogP contribution in [0.2, 0.25) is 5.02 Å². The number of carboxylic acids is 1. The first-order chi connectivity index (χ1) is 9.81. The molecule has 2 rings (SSSR count). The Morgan fingerprint density at radius 1 is 1.33 bits per heavy atom. The van der Waals surface area contributed by atoms with Crippen molar-refractivity contribution in [2.24, 2.45) is 0 Å². The molecule has 8 nitrogen and oxygen atoms in total. The maximum Gasteiger partial charge on any atom is 0.336 e. The van der Waals surface area contributed by atoms with Gasteiger partial charge in [-0.1, -0.05) is 11.6 Å². The number of sulfonamides is 1. The Hall–Kier alpha value is -2.26. The molecule has 110 valence electrons. The number of aromatic nitrogens is 3. The van der Waals surface area contributed by atoms with E-state index in [2.05, 4.69) is 19.9 Å². The molecule has 0 unspecified atom stereocenters. The second kappa shape index (κ2) is 5.62. The van der Waals surface area contributed by atoms with Gasteiger partial charge in [0, 0.05) is 5.02 Å². The molecule has 0 aliphatic carbocycles. The fraction of sp³-hybridized carbons (Fsp3) is 0.0909. The Balaban J connectivity index is 2.53. The molecule has 0 aliphatic heterocycles. The molecule has 1 aromatic carbocycles. The highest BCUT2D eigenvalue weighted by atomic mass is 35.5. The zero-order valence-electron chi connectivity index (χ0n) is 10.6. The van der Waals surface area contributed by atoms with Gasteiger partial charge in [0.15, 0.2) is 0 Å². The van der Waals surface area contributed by atoms with Crippen LogP contribution in [-0.2, 0) is 10.0 Å². The number of carbonyl (C=O) groups is 1. The number of anilines is 1. The average molecular weight is 329 g/mol. The quantitative estimate of drug-likeness (QED) is 0.868. The number of hydrogen-bond donors (Lipinski definition) is 2. The van der Waals surface area contributed by atoms with Crippen molar-refractivity contribution in [3.63, 3.8) is 0 Å². The van der Waals surface area contributed by atoms with Gasteiger partial charge in [-0.3, -0.25) is 0 Å². The van der Waals surface area contributed by atoms with Gasteiger partial charge in [-0.05, 0) is 24.6 Å². The Morgan fingerprint density at radius 3 is 2.62 bits per heavy atom. The molecule has 0 fully saturated rings. The summed E-state index contributed by atoms with van der Waals surface area (Å²) in [5, 5.41) is 16.0. The molecular weight excluding hydrogens is 320 g/mol. The molecule has 21 heavy (non-hydrogen) atoms. The predicted octanol–water partition coefficient (Wildman–Crippen LogP) is 1.33. The minimum atomic E-state index is -4.09. The second-order valence-corrected chi connectivity index (χ2v) is 6.04. The van der Waals surface area contributed by atoms with E-state index in [1.807, 2.05) is 0 Å². The maximum absolute atomic E-state index is 12.3. The van der Waals surface area contributed by atoms with Crippen molar-refractivity contribution in [2.75, 3.05) is 4.72 Å². The fourth-order valence-electron chi connectivity index (χ4n) is 1.62. The highest BCUT2D eigenvalue weighted by molar-refractivity contribution is 7.92. The van der Waals surface area contributed by atoms with Gasteiger partial charge in [0.1, 0.15) is 0 Å². The molecule has 0 aliphatic rings. The summed E-state index contributed by atoms with van der Waals surface area (Å²) in [7, 11) is -4.09. The molecule has 0 bridgehead atoms. The van der Waals surface area contributed by atoms with Crippen molar-refractivity contribution in [1.29, 1.82) is 0 Å². The number of nitrogens with zero attached hydrogens (tertiary/aromatic N) is 3. The van der Waals surface area contributed by atoms with Crippen LogP contribution >= 0.6 is 11.6 Å². The number of rotatable bonds is 4. The summed E-state index contributed by atoms with van der Waals surface area (Å²) in [4.78, 5) is 14.5. The largest absolute Gasteiger partial charge is 0.478 e. The van der Waals surface area contributed by atoms with Crippen molar-refractivity contribution in [2.45, 2.75) is 11.8 Å². The lowest BCUT2D eigenvalue weighted by atomic mass is 10.1. The monoisotopic (exact) mass is 328 g/mol. The molecule has 0 amide bonds. The van der Waals surface area contributed by atoms with E-state index < -0.39 is 16.0 Å². The third kappa shape index (κ3) is 3.26. The van der Waals surface area contributed by atoms with Gasteiger partial charge in [0.05, 0.1) is 22.9 Å². The molecule has 0 saturated heterocycles. The van der Waals surface area contributed by atoms with Crippen LogP contribution in [-0.4, -0.2) is 34.7 Å². The molecule has 2 N–H and O–H groups in total. The first-order valence-corrected chi connectivity index (χ1v) is 7.37. The van der Waals surface area contributed by atoms with E-state index in [-0.39, 0.29) is 27.0 Å². The van der Waals surface area contributed by atoms with E-state index in [0.717, 1.165) is 6.07 Å². The van der Waals surface area contributed by atoms with E-state index in [0.29, 0.717) is 0 Å². The van der Waals surface area contributed by atoms with Gasteiger partial charge in [-0.15, -0.1) is 5.10 Å².